The second-order valence-corrected chi connectivity index (χ2v) is 4.59. The van der Waals surface area contributed by atoms with E-state index in [0.29, 0.717) is 6.54 Å². The van der Waals surface area contributed by atoms with Gasteiger partial charge in [0.2, 0.25) is 5.91 Å². The second kappa shape index (κ2) is 7.04. The third kappa shape index (κ3) is 4.17. The quantitative estimate of drug-likeness (QED) is 0.801. The summed E-state index contributed by atoms with van der Waals surface area (Å²) in [5.74, 6) is -0.312. The highest BCUT2D eigenvalue weighted by Crippen LogP contribution is 2.15. The number of nitrogens with zero attached hydrogens (tertiary/aromatic N) is 1. The Bertz CT molecular complexity index is 459. The molecule has 0 aliphatic heterocycles. The van der Waals surface area contributed by atoms with Crippen LogP contribution in [0.4, 0.5) is 4.39 Å². The molecule has 0 radical (unpaired) electrons. The SMILES string of the molecule is C=CC(=O)N(Cc1cccc(C)c1C)CC(O)CF. The number of benzene rings is 1. The lowest BCUT2D eigenvalue weighted by Gasteiger charge is -2.24. The standard InChI is InChI=1S/C15H20FNO2/c1-4-15(19)17(10-14(18)8-16)9-13-7-5-6-11(2)12(13)3/h4-7,14,18H,1,8-10H2,2-3H3. The molecule has 1 unspecified atom stereocenters. The Morgan fingerprint density at radius 2 is 2.21 bits per heavy atom. The van der Waals surface area contributed by atoms with Crippen LogP contribution in [0.2, 0.25) is 0 Å². The highest BCUT2D eigenvalue weighted by Gasteiger charge is 2.16. The lowest BCUT2D eigenvalue weighted by molar-refractivity contribution is -0.128. The summed E-state index contributed by atoms with van der Waals surface area (Å²) >= 11 is 0. The predicted octanol–water partition coefficient (Wildman–Crippen LogP) is 2.15. The van der Waals surface area contributed by atoms with Gasteiger partial charge in [-0.1, -0.05) is 24.8 Å². The number of hydrogen-bond donors (Lipinski definition) is 1. The summed E-state index contributed by atoms with van der Waals surface area (Å²) < 4.78 is 12.4. The van der Waals surface area contributed by atoms with Crippen LogP contribution in [0.15, 0.2) is 30.9 Å². The number of aryl methyl sites for hydroxylation is 1. The molecule has 1 atom stereocenters. The topological polar surface area (TPSA) is 40.5 Å². The van der Waals surface area contributed by atoms with Crippen molar-refractivity contribution >= 4 is 5.91 Å². The van der Waals surface area contributed by atoms with Crippen molar-refractivity contribution in [2.24, 2.45) is 0 Å². The Morgan fingerprint density at radius 1 is 1.53 bits per heavy atom. The zero-order valence-corrected chi connectivity index (χ0v) is 11.4. The van der Waals surface area contributed by atoms with Gasteiger partial charge in [-0.25, -0.2) is 4.39 Å². The molecule has 0 saturated carbocycles. The molecule has 19 heavy (non-hydrogen) atoms. The van der Waals surface area contributed by atoms with Crippen LogP contribution in [-0.4, -0.2) is 35.2 Å². The molecule has 104 valence electrons. The predicted molar refractivity (Wildman–Crippen MR) is 73.5 cm³/mol. The van der Waals surface area contributed by atoms with Crippen LogP contribution in [0, 0.1) is 13.8 Å². The molecule has 0 heterocycles. The third-order valence-electron chi connectivity index (χ3n) is 3.17. The molecule has 1 rings (SSSR count). The number of amides is 1. The summed E-state index contributed by atoms with van der Waals surface area (Å²) in [5, 5.41) is 9.37. The minimum absolute atomic E-state index is 0.0330. The Kier molecular flexibility index (Phi) is 5.70. The lowest BCUT2D eigenvalue weighted by Crippen LogP contribution is -2.37. The van der Waals surface area contributed by atoms with Crippen molar-refractivity contribution in [2.75, 3.05) is 13.2 Å². The van der Waals surface area contributed by atoms with Crippen molar-refractivity contribution in [3.05, 3.63) is 47.5 Å². The third-order valence-corrected chi connectivity index (χ3v) is 3.17. The maximum Gasteiger partial charge on any atom is 0.246 e. The number of aliphatic hydroxyl groups is 1. The van der Waals surface area contributed by atoms with Crippen LogP contribution in [0.5, 0.6) is 0 Å². The van der Waals surface area contributed by atoms with Crippen molar-refractivity contribution < 1.29 is 14.3 Å². The number of hydrogen-bond acceptors (Lipinski definition) is 2. The van der Waals surface area contributed by atoms with Crippen molar-refractivity contribution in [1.29, 1.82) is 0 Å². The van der Waals surface area contributed by atoms with Gasteiger partial charge in [0.1, 0.15) is 6.67 Å². The van der Waals surface area contributed by atoms with Gasteiger partial charge in [-0.05, 0) is 36.6 Å². The van der Waals surface area contributed by atoms with Gasteiger partial charge >= 0.3 is 0 Å². The monoisotopic (exact) mass is 265 g/mol. The number of carbonyl (C=O) groups excluding carboxylic acids is 1. The average molecular weight is 265 g/mol. The first-order valence-electron chi connectivity index (χ1n) is 6.20. The maximum absolute atomic E-state index is 12.4. The fourth-order valence-corrected chi connectivity index (χ4v) is 1.85. The van der Waals surface area contributed by atoms with E-state index in [1.165, 1.54) is 11.0 Å². The lowest BCUT2D eigenvalue weighted by atomic mass is 10.0. The minimum Gasteiger partial charge on any atom is -0.389 e. The molecule has 1 amide bonds. The molecular formula is C15H20FNO2. The van der Waals surface area contributed by atoms with E-state index in [4.69, 9.17) is 0 Å². The Hall–Kier alpha value is -1.68. The normalized spacial score (nSPS) is 12.0. The summed E-state index contributed by atoms with van der Waals surface area (Å²) in [6.07, 6.45) is 0.0183. The fraction of sp³-hybridized carbons (Fsp3) is 0.400. The van der Waals surface area contributed by atoms with E-state index in [2.05, 4.69) is 6.58 Å². The van der Waals surface area contributed by atoms with Gasteiger partial charge in [-0.15, -0.1) is 0 Å². The minimum atomic E-state index is -1.16. The fourth-order valence-electron chi connectivity index (χ4n) is 1.85. The van der Waals surface area contributed by atoms with Crippen LogP contribution < -0.4 is 0 Å². The van der Waals surface area contributed by atoms with E-state index in [-0.39, 0.29) is 12.5 Å². The van der Waals surface area contributed by atoms with Gasteiger partial charge in [-0.2, -0.15) is 0 Å². The number of alkyl halides is 1. The van der Waals surface area contributed by atoms with Gasteiger partial charge in [-0.3, -0.25) is 4.79 Å². The molecule has 0 aromatic heterocycles. The van der Waals surface area contributed by atoms with Crippen LogP contribution in [0.3, 0.4) is 0 Å². The van der Waals surface area contributed by atoms with Gasteiger partial charge < -0.3 is 10.0 Å². The van der Waals surface area contributed by atoms with Crippen molar-refractivity contribution in [2.45, 2.75) is 26.5 Å². The average Bonchev–Trinajstić information content (AvgIpc) is 2.41. The van der Waals surface area contributed by atoms with E-state index < -0.39 is 12.8 Å². The van der Waals surface area contributed by atoms with Gasteiger partial charge in [0, 0.05) is 13.1 Å². The van der Waals surface area contributed by atoms with Crippen molar-refractivity contribution in [3.8, 4) is 0 Å². The summed E-state index contributed by atoms with van der Waals surface area (Å²) in [6.45, 7) is 6.85. The van der Waals surface area contributed by atoms with Gasteiger partial charge in [0.15, 0.2) is 0 Å². The van der Waals surface area contributed by atoms with E-state index in [1.807, 2.05) is 32.0 Å². The van der Waals surface area contributed by atoms with Crippen LogP contribution in [-0.2, 0) is 11.3 Å². The maximum atomic E-state index is 12.4. The molecular weight excluding hydrogens is 245 g/mol. The first-order valence-corrected chi connectivity index (χ1v) is 6.20. The summed E-state index contributed by atoms with van der Waals surface area (Å²) in [6, 6.07) is 5.84. The zero-order valence-electron chi connectivity index (χ0n) is 11.4. The number of aliphatic hydroxyl groups excluding tert-OH is 1. The first-order chi connectivity index (χ1) is 8.99. The molecule has 1 aromatic rings. The van der Waals surface area contributed by atoms with E-state index >= 15 is 0 Å². The number of carbonyl (C=O) groups is 1. The molecule has 3 nitrogen and oxygen atoms in total. The van der Waals surface area contributed by atoms with Gasteiger partial charge in [0.25, 0.3) is 0 Å². The molecule has 0 aliphatic carbocycles. The van der Waals surface area contributed by atoms with Crippen LogP contribution in [0.25, 0.3) is 0 Å². The highest BCUT2D eigenvalue weighted by molar-refractivity contribution is 5.87. The van der Waals surface area contributed by atoms with Crippen molar-refractivity contribution in [3.63, 3.8) is 0 Å². The Morgan fingerprint density at radius 3 is 2.79 bits per heavy atom. The zero-order chi connectivity index (χ0) is 14.4. The number of rotatable bonds is 6. The van der Waals surface area contributed by atoms with E-state index in [0.717, 1.165) is 16.7 Å². The molecule has 0 aliphatic rings. The first kappa shape index (κ1) is 15.4. The Labute approximate surface area is 113 Å². The molecule has 0 fully saturated rings. The van der Waals surface area contributed by atoms with Crippen LogP contribution in [0.1, 0.15) is 16.7 Å². The van der Waals surface area contributed by atoms with Crippen molar-refractivity contribution in [1.82, 2.24) is 4.90 Å². The smallest absolute Gasteiger partial charge is 0.246 e. The Balaban J connectivity index is 2.90. The molecule has 0 spiro atoms. The summed E-state index contributed by atoms with van der Waals surface area (Å²) in [5.41, 5.74) is 3.22. The summed E-state index contributed by atoms with van der Waals surface area (Å²) in [4.78, 5) is 13.1. The largest absolute Gasteiger partial charge is 0.389 e. The molecule has 1 aromatic carbocycles. The molecule has 4 heteroatoms. The summed E-state index contributed by atoms with van der Waals surface area (Å²) in [7, 11) is 0. The van der Waals surface area contributed by atoms with E-state index in [1.54, 1.807) is 0 Å². The van der Waals surface area contributed by atoms with Gasteiger partial charge in [0.05, 0.1) is 6.10 Å². The molecule has 1 N–H and O–H groups in total. The molecule has 0 bridgehead atoms. The van der Waals surface area contributed by atoms with E-state index in [9.17, 15) is 14.3 Å². The number of halogens is 1. The second-order valence-electron chi connectivity index (χ2n) is 4.59. The highest BCUT2D eigenvalue weighted by atomic mass is 19.1. The molecule has 0 saturated heterocycles. The van der Waals surface area contributed by atoms with Crippen LogP contribution >= 0.6 is 0 Å².